The minimum atomic E-state index is -1.38. The molecular weight excluding hydrogens is 255 g/mol. The van der Waals surface area contributed by atoms with Crippen molar-refractivity contribution in [3.05, 3.63) is 29.0 Å². The largest absolute Gasteiger partial charge is 0.251 e. The molecule has 0 amide bonds. The number of nitrogens with zero attached hydrogens (tertiary/aromatic N) is 4. The minimum Gasteiger partial charge on any atom is -0.251 e. The van der Waals surface area contributed by atoms with Gasteiger partial charge in [-0.1, -0.05) is 22.8 Å². The highest BCUT2D eigenvalue weighted by Gasteiger charge is 2.15. The summed E-state index contributed by atoms with van der Waals surface area (Å²) in [6, 6.07) is 4.23. The van der Waals surface area contributed by atoms with Crippen LogP contribution in [0.3, 0.4) is 0 Å². The van der Waals surface area contributed by atoms with Gasteiger partial charge in [-0.25, -0.2) is 4.39 Å². The van der Waals surface area contributed by atoms with E-state index in [-0.39, 0.29) is 15.9 Å². The van der Waals surface area contributed by atoms with Crippen LogP contribution in [0.4, 0.5) is 4.39 Å². The van der Waals surface area contributed by atoms with Gasteiger partial charge in [-0.05, 0) is 22.6 Å². The van der Waals surface area contributed by atoms with Crippen LogP contribution in [-0.4, -0.2) is 30.7 Å². The zero-order valence-electron chi connectivity index (χ0n) is 8.09. The van der Waals surface area contributed by atoms with Crippen LogP contribution in [0.2, 0.25) is 5.02 Å². The third kappa shape index (κ3) is 1.83. The molecule has 0 saturated heterocycles. The molecule has 0 spiro atoms. The van der Waals surface area contributed by atoms with Gasteiger partial charge in [0, 0.05) is 6.26 Å². The Morgan fingerprint density at radius 3 is 2.94 bits per heavy atom. The standard InChI is InChI=1S/C8H6ClFN4OS/c1-16(15)8-11-12-13-14(8)6-4-2-3-5(10)7(6)9/h2-4H,1H3. The number of hydrogen-bond acceptors (Lipinski definition) is 4. The van der Waals surface area contributed by atoms with Crippen molar-refractivity contribution in [2.45, 2.75) is 5.16 Å². The lowest BCUT2D eigenvalue weighted by molar-refractivity contribution is 0.622. The van der Waals surface area contributed by atoms with E-state index in [1.807, 2.05) is 0 Å². The Balaban J connectivity index is 2.63. The Labute approximate surface area is 97.7 Å². The van der Waals surface area contributed by atoms with Gasteiger partial charge in [0.05, 0.1) is 16.5 Å². The predicted molar refractivity (Wildman–Crippen MR) is 56.5 cm³/mol. The van der Waals surface area contributed by atoms with Crippen molar-refractivity contribution in [2.75, 3.05) is 6.26 Å². The maximum absolute atomic E-state index is 13.2. The molecule has 1 heterocycles. The molecule has 0 radical (unpaired) electrons. The van der Waals surface area contributed by atoms with Gasteiger partial charge in [0.25, 0.3) is 0 Å². The number of tetrazole rings is 1. The molecule has 84 valence electrons. The highest BCUT2D eigenvalue weighted by molar-refractivity contribution is 7.84. The summed E-state index contributed by atoms with van der Waals surface area (Å²) in [7, 11) is -1.38. The van der Waals surface area contributed by atoms with Crippen LogP contribution in [0, 0.1) is 5.82 Å². The molecule has 0 aliphatic heterocycles. The topological polar surface area (TPSA) is 60.7 Å². The lowest BCUT2D eigenvalue weighted by Crippen LogP contribution is -2.05. The zero-order valence-corrected chi connectivity index (χ0v) is 9.67. The van der Waals surface area contributed by atoms with Crippen LogP contribution >= 0.6 is 11.6 Å². The Morgan fingerprint density at radius 1 is 1.50 bits per heavy atom. The van der Waals surface area contributed by atoms with Crippen molar-refractivity contribution in [1.82, 2.24) is 20.2 Å². The Hall–Kier alpha value is -1.34. The molecule has 5 nitrogen and oxygen atoms in total. The summed E-state index contributed by atoms with van der Waals surface area (Å²) in [6.45, 7) is 0. The van der Waals surface area contributed by atoms with Gasteiger partial charge in [0.15, 0.2) is 0 Å². The first-order valence-corrected chi connectivity index (χ1v) is 6.11. The number of rotatable bonds is 2. The summed E-state index contributed by atoms with van der Waals surface area (Å²) < 4.78 is 25.7. The highest BCUT2D eigenvalue weighted by Crippen LogP contribution is 2.23. The fourth-order valence-corrected chi connectivity index (χ4v) is 1.90. The van der Waals surface area contributed by atoms with E-state index in [1.54, 1.807) is 0 Å². The van der Waals surface area contributed by atoms with Crippen LogP contribution < -0.4 is 0 Å². The number of halogens is 2. The number of hydrogen-bond donors (Lipinski definition) is 0. The first kappa shape index (κ1) is 11.2. The van der Waals surface area contributed by atoms with E-state index in [0.29, 0.717) is 0 Å². The molecule has 0 bridgehead atoms. The third-order valence-electron chi connectivity index (χ3n) is 1.86. The fraction of sp³-hybridized carbons (Fsp3) is 0.125. The Bertz CT molecular complexity index is 559. The van der Waals surface area contributed by atoms with Gasteiger partial charge in [0.2, 0.25) is 5.16 Å². The van der Waals surface area contributed by atoms with Crippen molar-refractivity contribution < 1.29 is 8.60 Å². The average molecular weight is 261 g/mol. The second kappa shape index (κ2) is 4.26. The van der Waals surface area contributed by atoms with Gasteiger partial charge < -0.3 is 0 Å². The summed E-state index contributed by atoms with van der Waals surface area (Å²) in [5.74, 6) is -0.581. The normalized spacial score (nSPS) is 12.7. The van der Waals surface area contributed by atoms with E-state index in [2.05, 4.69) is 15.5 Å². The molecule has 0 fully saturated rings. The van der Waals surface area contributed by atoms with E-state index in [4.69, 9.17) is 11.6 Å². The van der Waals surface area contributed by atoms with Gasteiger partial charge in [-0.15, -0.1) is 0 Å². The molecule has 0 aliphatic carbocycles. The van der Waals surface area contributed by atoms with Gasteiger partial charge in [0.1, 0.15) is 10.8 Å². The first-order chi connectivity index (χ1) is 7.61. The summed E-state index contributed by atoms with van der Waals surface area (Å²) >= 11 is 5.77. The van der Waals surface area contributed by atoms with Crippen molar-refractivity contribution in [3.63, 3.8) is 0 Å². The molecule has 2 aromatic rings. The van der Waals surface area contributed by atoms with E-state index in [1.165, 1.54) is 24.5 Å². The molecule has 1 aromatic heterocycles. The van der Waals surface area contributed by atoms with Gasteiger partial charge in [-0.2, -0.15) is 4.68 Å². The molecule has 8 heteroatoms. The maximum Gasteiger partial charge on any atom is 0.244 e. The molecule has 1 unspecified atom stereocenters. The summed E-state index contributed by atoms with van der Waals surface area (Å²) in [6.07, 6.45) is 1.43. The summed E-state index contributed by atoms with van der Waals surface area (Å²) in [5.41, 5.74) is 0.261. The molecule has 0 N–H and O–H groups in total. The number of benzene rings is 1. The van der Waals surface area contributed by atoms with Gasteiger partial charge >= 0.3 is 0 Å². The maximum atomic E-state index is 13.2. The van der Waals surface area contributed by atoms with E-state index >= 15 is 0 Å². The molecule has 0 saturated carbocycles. The smallest absolute Gasteiger partial charge is 0.244 e. The monoisotopic (exact) mass is 260 g/mol. The van der Waals surface area contributed by atoms with E-state index in [0.717, 1.165) is 4.68 Å². The van der Waals surface area contributed by atoms with E-state index < -0.39 is 16.6 Å². The van der Waals surface area contributed by atoms with Crippen molar-refractivity contribution in [2.24, 2.45) is 0 Å². The third-order valence-corrected chi connectivity index (χ3v) is 3.00. The predicted octanol–water partition coefficient (Wildman–Crippen LogP) is 1.19. The summed E-state index contributed by atoms with van der Waals surface area (Å²) in [5, 5.41) is 10.6. The van der Waals surface area contributed by atoms with Crippen LogP contribution in [-0.2, 0) is 10.8 Å². The first-order valence-electron chi connectivity index (χ1n) is 4.17. The van der Waals surface area contributed by atoms with Crippen LogP contribution in [0.15, 0.2) is 23.4 Å². The minimum absolute atomic E-state index is 0.110. The van der Waals surface area contributed by atoms with Crippen molar-refractivity contribution in [1.29, 1.82) is 0 Å². The Morgan fingerprint density at radius 2 is 2.25 bits per heavy atom. The van der Waals surface area contributed by atoms with Gasteiger partial charge in [-0.3, -0.25) is 4.21 Å². The lowest BCUT2D eigenvalue weighted by atomic mass is 10.3. The van der Waals surface area contributed by atoms with E-state index in [9.17, 15) is 8.60 Å². The van der Waals surface area contributed by atoms with Crippen molar-refractivity contribution in [3.8, 4) is 5.69 Å². The molecule has 0 aliphatic rings. The second-order valence-electron chi connectivity index (χ2n) is 2.90. The summed E-state index contributed by atoms with van der Waals surface area (Å²) in [4.78, 5) is 0. The molecule has 16 heavy (non-hydrogen) atoms. The SMILES string of the molecule is CS(=O)c1nnnn1-c1cccc(F)c1Cl. The quantitative estimate of drug-likeness (QED) is 0.814. The average Bonchev–Trinajstić information content (AvgIpc) is 2.70. The van der Waals surface area contributed by atoms with Crippen LogP contribution in [0.5, 0.6) is 0 Å². The zero-order chi connectivity index (χ0) is 11.7. The molecule has 1 atom stereocenters. The van der Waals surface area contributed by atoms with Crippen LogP contribution in [0.1, 0.15) is 0 Å². The lowest BCUT2D eigenvalue weighted by Gasteiger charge is -2.04. The number of aromatic nitrogens is 4. The fourth-order valence-electron chi connectivity index (χ4n) is 1.17. The second-order valence-corrected chi connectivity index (χ2v) is 4.55. The molecule has 2 rings (SSSR count). The molecule has 1 aromatic carbocycles. The van der Waals surface area contributed by atoms with Crippen molar-refractivity contribution >= 4 is 22.4 Å². The molecular formula is C8H6ClFN4OS. The highest BCUT2D eigenvalue weighted by atomic mass is 35.5. The van der Waals surface area contributed by atoms with Crippen LogP contribution in [0.25, 0.3) is 5.69 Å². The Kier molecular flexibility index (Phi) is 2.97.